The first-order chi connectivity index (χ1) is 28.0. The van der Waals surface area contributed by atoms with Gasteiger partial charge in [-0.25, -0.2) is 0 Å². The summed E-state index contributed by atoms with van der Waals surface area (Å²) in [6.45, 7) is 8.17. The summed E-state index contributed by atoms with van der Waals surface area (Å²) in [5, 5.41) is 7.38. The molecule has 0 spiro atoms. The maximum absolute atomic E-state index is 8.98. The molecule has 9 rings (SSSR count). The second-order valence-electron chi connectivity index (χ2n) is 14.5. The third kappa shape index (κ3) is 7.20. The van der Waals surface area contributed by atoms with Gasteiger partial charge in [-0.3, -0.25) is 0 Å². The van der Waals surface area contributed by atoms with Crippen molar-refractivity contribution < 1.29 is 32.7 Å². The molecule has 54 heavy (non-hydrogen) atoms. The molecule has 0 bridgehead atoms. The van der Waals surface area contributed by atoms with E-state index in [1.165, 1.54) is 5.19 Å². The first-order valence-corrected chi connectivity index (χ1v) is 21.2. The van der Waals surface area contributed by atoms with E-state index < -0.39 is 20.8 Å². The molecule has 5 heteroatoms. The zero-order valence-corrected chi connectivity index (χ0v) is 34.2. The number of hydrogen-bond donors (Lipinski definition) is 0. The van der Waals surface area contributed by atoms with Gasteiger partial charge in [-0.05, 0) is 74.1 Å². The summed E-state index contributed by atoms with van der Waals surface area (Å²) in [7, 11) is -1.50. The normalized spacial score (nSPS) is 13.6. The maximum atomic E-state index is 8.98. The molecular formula is C49H42IrN2OSi-2. The van der Waals surface area contributed by atoms with Crippen molar-refractivity contribution in [3.8, 4) is 33.6 Å². The fraction of sp³-hybridized carbons (Fsp3) is 0.143. The molecule has 0 saturated carbocycles. The summed E-state index contributed by atoms with van der Waals surface area (Å²) in [4.78, 5) is 9.06. The van der Waals surface area contributed by atoms with Crippen LogP contribution in [0.15, 0.2) is 144 Å². The van der Waals surface area contributed by atoms with Gasteiger partial charge in [-0.2, -0.15) is 0 Å². The second-order valence-corrected chi connectivity index (χ2v) is 19.5. The van der Waals surface area contributed by atoms with Crippen LogP contribution in [-0.2, 0) is 20.1 Å². The van der Waals surface area contributed by atoms with Crippen LogP contribution in [0.2, 0.25) is 19.6 Å². The van der Waals surface area contributed by atoms with Gasteiger partial charge in [0.15, 0.2) is 0 Å². The predicted molar refractivity (Wildman–Crippen MR) is 227 cm³/mol. The van der Waals surface area contributed by atoms with Crippen LogP contribution in [0.5, 0.6) is 0 Å². The van der Waals surface area contributed by atoms with Crippen molar-refractivity contribution in [1.82, 2.24) is 9.97 Å². The van der Waals surface area contributed by atoms with Crippen LogP contribution >= 0.6 is 0 Å². The molecule has 0 aliphatic heterocycles. The minimum Gasteiger partial charge on any atom is -0.501 e. The van der Waals surface area contributed by atoms with Gasteiger partial charge in [0.2, 0.25) is 0 Å². The molecular weight excluding hydrogens is 853 g/mol. The topological polar surface area (TPSA) is 38.9 Å². The quantitative estimate of drug-likeness (QED) is 0.0981. The van der Waals surface area contributed by atoms with Crippen molar-refractivity contribution in [2.24, 2.45) is 0 Å². The first kappa shape index (κ1) is 30.2. The summed E-state index contributed by atoms with van der Waals surface area (Å²) in [6.07, 6.45) is 1.77. The van der Waals surface area contributed by atoms with E-state index in [1.54, 1.807) is 30.3 Å². The summed E-state index contributed by atoms with van der Waals surface area (Å²) in [6, 6.07) is 44.9. The summed E-state index contributed by atoms with van der Waals surface area (Å²) in [5.41, 5.74) is 5.00. The molecule has 0 fully saturated rings. The van der Waals surface area contributed by atoms with Crippen molar-refractivity contribution in [3.63, 3.8) is 0 Å². The van der Waals surface area contributed by atoms with Gasteiger partial charge in [0, 0.05) is 48.9 Å². The van der Waals surface area contributed by atoms with Crippen molar-refractivity contribution in [3.05, 3.63) is 163 Å². The van der Waals surface area contributed by atoms with E-state index in [2.05, 4.69) is 78.1 Å². The van der Waals surface area contributed by atoms with Crippen LogP contribution in [0.25, 0.3) is 77.1 Å². The third-order valence-electron chi connectivity index (χ3n) is 9.60. The van der Waals surface area contributed by atoms with E-state index in [0.29, 0.717) is 22.3 Å². The van der Waals surface area contributed by atoms with Gasteiger partial charge >= 0.3 is 0 Å². The number of hydrogen-bond acceptors (Lipinski definition) is 3. The molecule has 0 saturated heterocycles. The monoisotopic (exact) mass is 901 g/mol. The van der Waals surface area contributed by atoms with Gasteiger partial charge in [-0.15, -0.1) is 54.1 Å². The number of aromatic nitrogens is 2. The molecule has 3 aromatic heterocycles. The second kappa shape index (κ2) is 15.3. The van der Waals surface area contributed by atoms with E-state index in [4.69, 9.17) is 12.6 Å². The van der Waals surface area contributed by atoms with Crippen LogP contribution in [0.3, 0.4) is 0 Å². The number of nitrogens with zero attached hydrogens (tertiary/aromatic N) is 2. The Morgan fingerprint density at radius 3 is 2.28 bits per heavy atom. The standard InChI is InChI=1S/C32H20NO.C17H22NSi.Ir/c1-20-16-30(33-19-29(20)21-8-3-2-4-9-21)26-13-7-12-25-28-17-23-15-14-22-10-5-6-11-24(22)27(23)18-31(28)34-32(25)26;1-13(2)15-11-16(14-9-7-6-8-10-14)18-12-17(15)19(3,4)5;/h2-12,14-19H,1H3;6-9,11-13H,1-5H3;/q2*-1;/i1D3,16D,19D;13D;. The SMILES string of the molecule is [2H]C(C)(C)c1cc(-c2[c-]cccc2)ncc1[Si](C)(C)C.[2H]c1nc(-c2[c-]ccc3c2oc2cc4c(ccc5ccccc54)cc23)c([2H])c(C([2H])([2H])[2H])c1-c1ccccc1.[Ir]. The van der Waals surface area contributed by atoms with Gasteiger partial charge in [0.25, 0.3) is 0 Å². The van der Waals surface area contributed by atoms with E-state index in [1.807, 2.05) is 74.6 Å². The minimum atomic E-state index is -2.63. The molecule has 0 unspecified atom stereocenters. The average molecular weight is 901 g/mol. The van der Waals surface area contributed by atoms with Crippen molar-refractivity contribution >= 4 is 56.7 Å². The molecule has 0 N–H and O–H groups in total. The molecule has 0 atom stereocenters. The zero-order valence-electron chi connectivity index (χ0n) is 36.8. The third-order valence-corrected chi connectivity index (χ3v) is 11.6. The predicted octanol–water partition coefficient (Wildman–Crippen LogP) is 12.9. The molecule has 0 aliphatic rings. The summed E-state index contributed by atoms with van der Waals surface area (Å²) in [5.74, 6) is -0.609. The van der Waals surface area contributed by atoms with E-state index in [0.717, 1.165) is 49.1 Å². The molecule has 9 aromatic rings. The van der Waals surface area contributed by atoms with Gasteiger partial charge in [-0.1, -0.05) is 129 Å². The molecule has 3 heterocycles. The molecule has 0 amide bonds. The number of furan rings is 1. The number of fused-ring (bicyclic) bond motifs is 6. The largest absolute Gasteiger partial charge is 0.501 e. The van der Waals surface area contributed by atoms with Crippen LogP contribution in [0.4, 0.5) is 0 Å². The number of rotatable bonds is 5. The molecule has 0 aliphatic carbocycles. The summed E-state index contributed by atoms with van der Waals surface area (Å²) < 4.78 is 57.2. The fourth-order valence-electron chi connectivity index (χ4n) is 6.89. The van der Waals surface area contributed by atoms with E-state index >= 15 is 0 Å². The smallest absolute Gasteiger partial charge is 0.121 e. The Bertz CT molecular complexity index is 3030. The van der Waals surface area contributed by atoms with Crippen LogP contribution in [-0.4, -0.2) is 18.0 Å². The number of pyridine rings is 2. The van der Waals surface area contributed by atoms with Crippen molar-refractivity contribution in [2.45, 2.75) is 46.2 Å². The van der Waals surface area contributed by atoms with Gasteiger partial charge in [0.05, 0.1) is 16.4 Å². The summed E-state index contributed by atoms with van der Waals surface area (Å²) >= 11 is 0. The number of benzene rings is 6. The Morgan fingerprint density at radius 1 is 0.741 bits per heavy atom. The zero-order chi connectivity index (χ0) is 41.9. The molecule has 3 nitrogen and oxygen atoms in total. The van der Waals surface area contributed by atoms with Gasteiger partial charge in [0.1, 0.15) is 5.58 Å². The Balaban J connectivity index is 0.000000220. The minimum absolute atomic E-state index is 0. The molecule has 269 valence electrons. The Labute approximate surface area is 340 Å². The fourth-order valence-corrected chi connectivity index (χ4v) is 8.48. The molecule has 6 aromatic carbocycles. The van der Waals surface area contributed by atoms with Crippen LogP contribution in [0, 0.1) is 19.0 Å². The molecule has 1 radical (unpaired) electrons. The van der Waals surface area contributed by atoms with Crippen molar-refractivity contribution in [2.75, 3.05) is 0 Å². The van der Waals surface area contributed by atoms with Gasteiger partial charge < -0.3 is 14.4 Å². The average Bonchev–Trinajstić information content (AvgIpc) is 3.58. The van der Waals surface area contributed by atoms with Crippen LogP contribution in [0.1, 0.15) is 39.1 Å². The Kier molecular flexibility index (Phi) is 8.53. The van der Waals surface area contributed by atoms with Crippen LogP contribution < -0.4 is 5.19 Å². The Morgan fingerprint density at radius 2 is 1.52 bits per heavy atom. The van der Waals surface area contributed by atoms with E-state index in [-0.39, 0.29) is 49.1 Å². The Hall–Kier alpha value is -5.19. The van der Waals surface area contributed by atoms with E-state index in [9.17, 15) is 0 Å². The van der Waals surface area contributed by atoms with Crippen molar-refractivity contribution in [1.29, 1.82) is 0 Å². The first-order valence-electron chi connectivity index (χ1n) is 20.7. The maximum Gasteiger partial charge on any atom is 0.121 e.